The Hall–Kier alpha value is -0.890. The van der Waals surface area contributed by atoms with Crippen LogP contribution in [0.5, 0.6) is 0 Å². The predicted octanol–water partition coefficient (Wildman–Crippen LogP) is 5.84. The van der Waals surface area contributed by atoms with Gasteiger partial charge >= 0.3 is 0 Å². The van der Waals surface area contributed by atoms with Crippen molar-refractivity contribution < 1.29 is 4.39 Å². The number of rotatable bonds is 9. The van der Waals surface area contributed by atoms with Crippen LogP contribution in [-0.4, -0.2) is 30.7 Å². The molecule has 2 heteroatoms. The fourth-order valence-electron chi connectivity index (χ4n) is 3.04. The van der Waals surface area contributed by atoms with E-state index < -0.39 is 6.17 Å². The maximum Gasteiger partial charge on any atom is 0.140 e. The van der Waals surface area contributed by atoms with Gasteiger partial charge in [-0.3, -0.25) is 0 Å². The van der Waals surface area contributed by atoms with Crippen LogP contribution in [0.3, 0.4) is 0 Å². The minimum Gasteiger partial charge on any atom is -0.304 e. The van der Waals surface area contributed by atoms with Gasteiger partial charge in [-0.25, -0.2) is 4.39 Å². The monoisotopic (exact) mass is 307 g/mol. The highest BCUT2D eigenvalue weighted by Gasteiger charge is 2.13. The van der Waals surface area contributed by atoms with E-state index in [2.05, 4.69) is 37.8 Å². The maximum absolute atomic E-state index is 14.5. The van der Waals surface area contributed by atoms with Gasteiger partial charge in [0, 0.05) is 0 Å². The zero-order chi connectivity index (χ0) is 16.4. The third-order valence-electron chi connectivity index (χ3n) is 4.60. The van der Waals surface area contributed by atoms with Crippen molar-refractivity contribution in [2.45, 2.75) is 72.4 Å². The number of halogens is 1. The summed E-state index contributed by atoms with van der Waals surface area (Å²) in [5, 5.41) is 0. The van der Waals surface area contributed by atoms with E-state index in [1.54, 1.807) is 6.08 Å². The van der Waals surface area contributed by atoms with Gasteiger partial charge in [-0.15, -0.1) is 0 Å². The average Bonchev–Trinajstić information content (AvgIpc) is 2.51. The molecule has 0 radical (unpaired) electrons. The van der Waals surface area contributed by atoms with Gasteiger partial charge in [-0.05, 0) is 81.5 Å². The molecule has 0 amide bonds. The maximum atomic E-state index is 14.5. The minimum atomic E-state index is -0.902. The molecule has 1 unspecified atom stereocenters. The van der Waals surface area contributed by atoms with Crippen molar-refractivity contribution >= 4 is 0 Å². The summed E-state index contributed by atoms with van der Waals surface area (Å²) < 4.78 is 14.5. The van der Waals surface area contributed by atoms with Crippen molar-refractivity contribution in [3.63, 3.8) is 0 Å². The Morgan fingerprint density at radius 3 is 2.50 bits per heavy atom. The molecular weight excluding hydrogens is 273 g/mol. The summed E-state index contributed by atoms with van der Waals surface area (Å²) in [6.45, 7) is 12.0. The highest BCUT2D eigenvalue weighted by Crippen LogP contribution is 2.24. The Labute approximate surface area is 137 Å². The third kappa shape index (κ3) is 6.48. The summed E-state index contributed by atoms with van der Waals surface area (Å²) in [4.78, 5) is 2.48. The lowest BCUT2D eigenvalue weighted by atomic mass is 9.94. The van der Waals surface area contributed by atoms with Crippen LogP contribution < -0.4 is 0 Å². The molecule has 1 aliphatic carbocycles. The molecule has 0 fully saturated rings. The third-order valence-corrected chi connectivity index (χ3v) is 4.60. The van der Waals surface area contributed by atoms with Gasteiger partial charge in [0.1, 0.15) is 6.17 Å². The quantitative estimate of drug-likeness (QED) is 0.484. The molecule has 1 nitrogen and oxygen atoms in total. The van der Waals surface area contributed by atoms with Gasteiger partial charge in [-0.2, -0.15) is 0 Å². The number of alkyl halides is 1. The summed E-state index contributed by atoms with van der Waals surface area (Å²) in [5.41, 5.74) is 3.37. The fourth-order valence-corrected chi connectivity index (χ4v) is 3.04. The molecule has 1 rings (SSSR count). The topological polar surface area (TPSA) is 3.24 Å². The van der Waals surface area contributed by atoms with Crippen molar-refractivity contribution in [1.82, 2.24) is 4.90 Å². The number of unbranched alkanes of at least 4 members (excludes halogenated alkanes) is 1. The molecule has 0 aromatic carbocycles. The van der Waals surface area contributed by atoms with E-state index in [1.807, 2.05) is 6.92 Å². The standard InChI is InChI=1S/C20H34FN/c1-5-8-14-22(7-3)15-10-13-19-12-9-11-18(6-2)17(4)16-20(19)21/h11-12,16,20H,5-10,13-15H2,1-4H3/b17-16?,18-11-,19-12?. The van der Waals surface area contributed by atoms with Crippen LogP contribution >= 0.6 is 0 Å². The lowest BCUT2D eigenvalue weighted by Gasteiger charge is -2.21. The van der Waals surface area contributed by atoms with Gasteiger partial charge in [0.25, 0.3) is 0 Å². The van der Waals surface area contributed by atoms with E-state index in [1.165, 1.54) is 25.0 Å². The molecule has 1 atom stereocenters. The SMILES string of the molecule is CCCCN(CC)CCCC1=CC/C=C(/CC)C(C)=CC1F. The Kier molecular flexibility index (Phi) is 9.38. The first-order chi connectivity index (χ1) is 10.6. The molecule has 0 aromatic heterocycles. The summed E-state index contributed by atoms with van der Waals surface area (Å²) in [5.74, 6) is 0. The normalized spacial score (nSPS) is 21.7. The zero-order valence-electron chi connectivity index (χ0n) is 15.0. The van der Waals surface area contributed by atoms with E-state index >= 15 is 0 Å². The molecule has 0 bridgehead atoms. The van der Waals surface area contributed by atoms with E-state index in [0.717, 1.165) is 49.9 Å². The first kappa shape index (κ1) is 19.2. The van der Waals surface area contributed by atoms with Crippen LogP contribution in [0.25, 0.3) is 0 Å². The second kappa shape index (κ2) is 10.8. The molecule has 22 heavy (non-hydrogen) atoms. The van der Waals surface area contributed by atoms with Crippen molar-refractivity contribution in [3.05, 3.63) is 34.9 Å². The van der Waals surface area contributed by atoms with E-state index in [9.17, 15) is 4.39 Å². The molecule has 0 saturated carbocycles. The Balaban J connectivity index is 2.53. The molecule has 126 valence electrons. The Morgan fingerprint density at radius 2 is 1.86 bits per heavy atom. The van der Waals surface area contributed by atoms with Crippen LogP contribution in [0, 0.1) is 0 Å². The Morgan fingerprint density at radius 1 is 1.14 bits per heavy atom. The Bertz CT molecular complexity index is 406. The molecular formula is C20H34FN. The van der Waals surface area contributed by atoms with Gasteiger partial charge < -0.3 is 4.90 Å². The number of allylic oxidation sites excluding steroid dienone is 6. The predicted molar refractivity (Wildman–Crippen MR) is 96.0 cm³/mol. The molecule has 0 heterocycles. The molecule has 0 aromatic rings. The lowest BCUT2D eigenvalue weighted by Crippen LogP contribution is -2.25. The molecule has 0 aliphatic heterocycles. The highest BCUT2D eigenvalue weighted by atomic mass is 19.1. The van der Waals surface area contributed by atoms with Crippen LogP contribution in [0.15, 0.2) is 34.9 Å². The summed E-state index contributed by atoms with van der Waals surface area (Å²) >= 11 is 0. The summed E-state index contributed by atoms with van der Waals surface area (Å²) in [6, 6.07) is 0. The first-order valence-corrected chi connectivity index (χ1v) is 9.05. The van der Waals surface area contributed by atoms with Crippen LogP contribution in [0.2, 0.25) is 0 Å². The minimum absolute atomic E-state index is 0.872. The van der Waals surface area contributed by atoms with E-state index in [-0.39, 0.29) is 0 Å². The van der Waals surface area contributed by atoms with Crippen molar-refractivity contribution in [2.24, 2.45) is 0 Å². The number of nitrogens with zero attached hydrogens (tertiary/aromatic N) is 1. The summed E-state index contributed by atoms with van der Waals surface area (Å²) in [6.07, 6.45) is 11.5. The van der Waals surface area contributed by atoms with Crippen LogP contribution in [0.1, 0.15) is 66.2 Å². The van der Waals surface area contributed by atoms with E-state index in [0.29, 0.717) is 0 Å². The number of hydrogen-bond donors (Lipinski definition) is 0. The summed E-state index contributed by atoms with van der Waals surface area (Å²) in [7, 11) is 0. The van der Waals surface area contributed by atoms with Crippen molar-refractivity contribution in [3.8, 4) is 0 Å². The second-order valence-electron chi connectivity index (χ2n) is 6.24. The zero-order valence-corrected chi connectivity index (χ0v) is 15.0. The van der Waals surface area contributed by atoms with Crippen LogP contribution in [0.4, 0.5) is 4.39 Å². The molecule has 0 spiro atoms. The van der Waals surface area contributed by atoms with Crippen molar-refractivity contribution in [1.29, 1.82) is 0 Å². The lowest BCUT2D eigenvalue weighted by molar-refractivity contribution is 0.278. The average molecular weight is 307 g/mol. The second-order valence-corrected chi connectivity index (χ2v) is 6.24. The fraction of sp³-hybridized carbons (Fsp3) is 0.700. The van der Waals surface area contributed by atoms with Gasteiger partial charge in [0.15, 0.2) is 0 Å². The largest absolute Gasteiger partial charge is 0.304 e. The molecule has 0 saturated heterocycles. The van der Waals surface area contributed by atoms with Crippen molar-refractivity contribution in [2.75, 3.05) is 19.6 Å². The van der Waals surface area contributed by atoms with Gasteiger partial charge in [0.05, 0.1) is 0 Å². The first-order valence-electron chi connectivity index (χ1n) is 9.05. The molecule has 1 aliphatic rings. The van der Waals surface area contributed by atoms with Crippen LogP contribution in [-0.2, 0) is 0 Å². The smallest absolute Gasteiger partial charge is 0.140 e. The number of hydrogen-bond acceptors (Lipinski definition) is 1. The molecule has 0 N–H and O–H groups in total. The highest BCUT2D eigenvalue weighted by molar-refractivity contribution is 5.35. The van der Waals surface area contributed by atoms with Gasteiger partial charge in [-0.1, -0.05) is 39.3 Å². The van der Waals surface area contributed by atoms with Gasteiger partial charge in [0.2, 0.25) is 0 Å². The van der Waals surface area contributed by atoms with E-state index in [4.69, 9.17) is 0 Å².